The summed E-state index contributed by atoms with van der Waals surface area (Å²) in [6.07, 6.45) is 1.69. The normalized spacial score (nSPS) is 12.2. The molecule has 1 unspecified atom stereocenters. The van der Waals surface area contributed by atoms with Gasteiger partial charge in [0.15, 0.2) is 0 Å². The van der Waals surface area contributed by atoms with Crippen LogP contribution in [0.2, 0.25) is 0 Å². The van der Waals surface area contributed by atoms with Crippen LogP contribution in [-0.2, 0) is 11.3 Å². The van der Waals surface area contributed by atoms with Gasteiger partial charge in [-0.1, -0.05) is 32.1 Å². The van der Waals surface area contributed by atoms with Crippen molar-refractivity contribution < 1.29 is 4.79 Å². The highest BCUT2D eigenvalue weighted by molar-refractivity contribution is 7.80. The quantitative estimate of drug-likeness (QED) is 0.773. The fraction of sp³-hybridized carbons (Fsp3) is 0.417. The predicted molar refractivity (Wildman–Crippen MR) is 71.2 cm³/mol. The summed E-state index contributed by atoms with van der Waals surface area (Å²) in [5, 5.41) is 2.79. The van der Waals surface area contributed by atoms with Crippen LogP contribution in [0.15, 0.2) is 24.4 Å². The first kappa shape index (κ1) is 13.6. The molecule has 5 heteroatoms. The second kappa shape index (κ2) is 6.30. The monoisotopic (exact) mass is 251 g/mol. The van der Waals surface area contributed by atoms with Gasteiger partial charge in [0.05, 0.1) is 23.1 Å². The Morgan fingerprint density at radius 3 is 2.71 bits per heavy atom. The van der Waals surface area contributed by atoms with Crippen molar-refractivity contribution in [3.8, 4) is 0 Å². The first-order valence-corrected chi connectivity index (χ1v) is 5.90. The average Bonchev–Trinajstić information content (AvgIpc) is 2.27. The Labute approximate surface area is 107 Å². The zero-order valence-corrected chi connectivity index (χ0v) is 10.8. The molecule has 1 aromatic rings. The number of nitrogens with two attached hydrogens (primary N) is 1. The van der Waals surface area contributed by atoms with E-state index in [-0.39, 0.29) is 16.8 Å². The van der Waals surface area contributed by atoms with Crippen molar-refractivity contribution in [1.29, 1.82) is 0 Å². The molecule has 0 radical (unpaired) electrons. The number of thiocarbonyl (C=S) groups is 1. The van der Waals surface area contributed by atoms with Gasteiger partial charge in [-0.25, -0.2) is 0 Å². The third-order valence-corrected chi connectivity index (χ3v) is 2.68. The SMILES string of the molecule is CC(C)C(C(=O)NCc1ccccn1)C(N)=S. The van der Waals surface area contributed by atoms with Gasteiger partial charge >= 0.3 is 0 Å². The Kier molecular flexibility index (Phi) is 5.03. The largest absolute Gasteiger partial charge is 0.393 e. The Morgan fingerprint density at radius 1 is 1.53 bits per heavy atom. The summed E-state index contributed by atoms with van der Waals surface area (Å²) in [6.45, 7) is 4.24. The highest BCUT2D eigenvalue weighted by Crippen LogP contribution is 2.11. The lowest BCUT2D eigenvalue weighted by Gasteiger charge is -2.18. The van der Waals surface area contributed by atoms with E-state index in [9.17, 15) is 4.79 Å². The molecule has 0 bridgehead atoms. The maximum atomic E-state index is 11.9. The van der Waals surface area contributed by atoms with Crippen molar-refractivity contribution in [3.63, 3.8) is 0 Å². The lowest BCUT2D eigenvalue weighted by atomic mass is 9.95. The summed E-state index contributed by atoms with van der Waals surface area (Å²) in [6, 6.07) is 5.56. The number of hydrogen-bond acceptors (Lipinski definition) is 3. The number of hydrogen-bond donors (Lipinski definition) is 2. The van der Waals surface area contributed by atoms with Gasteiger partial charge in [-0.2, -0.15) is 0 Å². The summed E-state index contributed by atoms with van der Waals surface area (Å²) >= 11 is 4.90. The Balaban J connectivity index is 2.57. The van der Waals surface area contributed by atoms with Crippen LogP contribution in [0.3, 0.4) is 0 Å². The van der Waals surface area contributed by atoms with E-state index in [1.807, 2.05) is 32.0 Å². The minimum atomic E-state index is -0.422. The molecule has 0 aliphatic carbocycles. The van der Waals surface area contributed by atoms with E-state index in [1.165, 1.54) is 0 Å². The summed E-state index contributed by atoms with van der Waals surface area (Å²) in [7, 11) is 0. The van der Waals surface area contributed by atoms with Gasteiger partial charge in [-0.05, 0) is 18.1 Å². The van der Waals surface area contributed by atoms with E-state index < -0.39 is 5.92 Å². The molecular formula is C12H17N3OS. The number of rotatable bonds is 5. The molecule has 17 heavy (non-hydrogen) atoms. The van der Waals surface area contributed by atoms with Gasteiger partial charge in [0.2, 0.25) is 5.91 Å². The second-order valence-electron chi connectivity index (χ2n) is 4.16. The Morgan fingerprint density at radius 2 is 2.24 bits per heavy atom. The standard InChI is InChI=1S/C12H17N3OS/c1-8(2)10(11(13)17)12(16)15-7-9-5-3-4-6-14-9/h3-6,8,10H,7H2,1-2H3,(H2,13,17)(H,15,16). The third-order valence-electron chi connectivity index (χ3n) is 2.43. The van der Waals surface area contributed by atoms with Crippen LogP contribution < -0.4 is 11.1 Å². The highest BCUT2D eigenvalue weighted by Gasteiger charge is 2.24. The topological polar surface area (TPSA) is 68.0 Å². The second-order valence-corrected chi connectivity index (χ2v) is 4.63. The first-order valence-electron chi connectivity index (χ1n) is 5.49. The number of amides is 1. The van der Waals surface area contributed by atoms with Gasteiger partial charge in [0, 0.05) is 6.20 Å². The zero-order valence-electron chi connectivity index (χ0n) is 10.0. The van der Waals surface area contributed by atoms with Crippen LogP contribution in [0.5, 0.6) is 0 Å². The molecule has 0 aliphatic heterocycles. The minimum Gasteiger partial charge on any atom is -0.393 e. The molecule has 0 spiro atoms. The van der Waals surface area contributed by atoms with Crippen molar-refractivity contribution in [1.82, 2.24) is 10.3 Å². The number of aromatic nitrogens is 1. The van der Waals surface area contributed by atoms with E-state index >= 15 is 0 Å². The maximum absolute atomic E-state index is 11.9. The molecule has 1 amide bonds. The van der Waals surface area contributed by atoms with Crippen molar-refractivity contribution in [2.75, 3.05) is 0 Å². The number of nitrogens with zero attached hydrogens (tertiary/aromatic N) is 1. The highest BCUT2D eigenvalue weighted by atomic mass is 32.1. The molecule has 0 aromatic carbocycles. The minimum absolute atomic E-state index is 0.0937. The predicted octanol–water partition coefficient (Wildman–Crippen LogP) is 1.26. The van der Waals surface area contributed by atoms with Gasteiger partial charge in [-0.15, -0.1) is 0 Å². The molecule has 3 N–H and O–H groups in total. The summed E-state index contributed by atoms with van der Waals surface area (Å²) < 4.78 is 0. The number of carbonyl (C=O) groups excluding carboxylic acids is 1. The molecule has 0 aliphatic rings. The molecule has 0 saturated heterocycles. The Hall–Kier alpha value is -1.49. The maximum Gasteiger partial charge on any atom is 0.230 e. The molecule has 0 fully saturated rings. The Bertz CT molecular complexity index is 392. The third kappa shape index (κ3) is 4.11. The first-order chi connectivity index (χ1) is 8.02. The number of carbonyl (C=O) groups is 1. The van der Waals surface area contributed by atoms with Gasteiger partial charge in [0.25, 0.3) is 0 Å². The molecular weight excluding hydrogens is 234 g/mol. The van der Waals surface area contributed by atoms with Crippen LogP contribution >= 0.6 is 12.2 Å². The molecule has 92 valence electrons. The molecule has 1 atom stereocenters. The van der Waals surface area contributed by atoms with Crippen molar-refractivity contribution >= 4 is 23.1 Å². The van der Waals surface area contributed by atoms with E-state index in [0.29, 0.717) is 6.54 Å². The van der Waals surface area contributed by atoms with E-state index in [2.05, 4.69) is 10.3 Å². The van der Waals surface area contributed by atoms with Crippen LogP contribution in [0.4, 0.5) is 0 Å². The van der Waals surface area contributed by atoms with Crippen molar-refractivity contribution in [3.05, 3.63) is 30.1 Å². The smallest absolute Gasteiger partial charge is 0.230 e. The lowest BCUT2D eigenvalue weighted by Crippen LogP contribution is -2.40. The van der Waals surface area contributed by atoms with Crippen LogP contribution in [-0.4, -0.2) is 15.9 Å². The molecule has 0 saturated carbocycles. The van der Waals surface area contributed by atoms with Gasteiger partial charge in [0.1, 0.15) is 0 Å². The molecule has 4 nitrogen and oxygen atoms in total. The summed E-state index contributed by atoms with van der Waals surface area (Å²) in [5.74, 6) is -0.469. The fourth-order valence-electron chi connectivity index (χ4n) is 1.55. The van der Waals surface area contributed by atoms with E-state index in [0.717, 1.165) is 5.69 Å². The number of nitrogens with one attached hydrogen (secondary N) is 1. The molecule has 1 aromatic heterocycles. The lowest BCUT2D eigenvalue weighted by molar-refractivity contribution is -0.124. The van der Waals surface area contributed by atoms with Crippen molar-refractivity contribution in [2.24, 2.45) is 17.6 Å². The fourth-order valence-corrected chi connectivity index (χ4v) is 1.93. The average molecular weight is 251 g/mol. The van der Waals surface area contributed by atoms with Crippen molar-refractivity contribution in [2.45, 2.75) is 20.4 Å². The van der Waals surface area contributed by atoms with Gasteiger partial charge < -0.3 is 11.1 Å². The van der Waals surface area contributed by atoms with Gasteiger partial charge in [-0.3, -0.25) is 9.78 Å². The van der Waals surface area contributed by atoms with E-state index in [4.69, 9.17) is 18.0 Å². The van der Waals surface area contributed by atoms with E-state index in [1.54, 1.807) is 6.20 Å². The summed E-state index contributed by atoms with van der Waals surface area (Å²) in [5.41, 5.74) is 6.37. The molecule has 1 rings (SSSR count). The van der Waals surface area contributed by atoms with Crippen LogP contribution in [0.1, 0.15) is 19.5 Å². The molecule has 1 heterocycles. The zero-order chi connectivity index (χ0) is 12.8. The van der Waals surface area contributed by atoms with Crippen LogP contribution in [0, 0.1) is 11.8 Å². The summed E-state index contributed by atoms with van der Waals surface area (Å²) in [4.78, 5) is 16.2. The number of pyridine rings is 1. The van der Waals surface area contributed by atoms with Crippen LogP contribution in [0.25, 0.3) is 0 Å².